The average Bonchev–Trinajstić information content (AvgIpc) is 2.45. The van der Waals surface area contributed by atoms with Crippen LogP contribution in [-0.2, 0) is 17.1 Å². The second kappa shape index (κ2) is 3.33. The van der Waals surface area contributed by atoms with Crippen molar-refractivity contribution in [2.75, 3.05) is 0 Å². The Bertz CT molecular complexity index is 631. The first-order valence-corrected chi connectivity index (χ1v) is 6.51. The van der Waals surface area contributed by atoms with Gasteiger partial charge in [0, 0.05) is 23.1 Å². The number of fused-ring (bicyclic) bond motifs is 1. The second-order valence-corrected chi connectivity index (χ2v) is 5.67. The van der Waals surface area contributed by atoms with Gasteiger partial charge >= 0.3 is 0 Å². The molecule has 0 aliphatic heterocycles. The highest BCUT2D eigenvalue weighted by atomic mass is 79.9. The van der Waals surface area contributed by atoms with Crippen molar-refractivity contribution in [2.24, 2.45) is 12.2 Å². The highest BCUT2D eigenvalue weighted by molar-refractivity contribution is 9.10. The number of hydrogen-bond donors (Lipinski definition) is 1. The van der Waals surface area contributed by atoms with E-state index in [4.69, 9.17) is 5.14 Å². The van der Waals surface area contributed by atoms with Gasteiger partial charge in [0.25, 0.3) is 0 Å². The number of halogens is 1. The van der Waals surface area contributed by atoms with Gasteiger partial charge in [0.2, 0.25) is 10.0 Å². The molecule has 0 saturated heterocycles. The Balaban J connectivity index is 3.01. The van der Waals surface area contributed by atoms with Crippen LogP contribution >= 0.6 is 15.9 Å². The van der Waals surface area contributed by atoms with Crippen LogP contribution < -0.4 is 5.14 Å². The summed E-state index contributed by atoms with van der Waals surface area (Å²) in [5, 5.41) is 5.77. The van der Waals surface area contributed by atoms with Crippen molar-refractivity contribution < 1.29 is 8.42 Å². The molecule has 1 heterocycles. The molecule has 0 aliphatic rings. The van der Waals surface area contributed by atoms with Crippen molar-refractivity contribution >= 4 is 36.9 Å². The van der Waals surface area contributed by atoms with Gasteiger partial charge in [-0.05, 0) is 12.1 Å². The summed E-state index contributed by atoms with van der Waals surface area (Å²) in [5.74, 6) is 0. The van der Waals surface area contributed by atoms with E-state index in [9.17, 15) is 8.42 Å². The number of aryl methyl sites for hydroxylation is 1. The summed E-state index contributed by atoms with van der Waals surface area (Å²) in [6.07, 6.45) is 1.52. The van der Waals surface area contributed by atoms with Gasteiger partial charge in [0.1, 0.15) is 4.90 Å². The van der Waals surface area contributed by atoms with E-state index >= 15 is 0 Å². The third kappa shape index (κ3) is 1.68. The Hall–Kier alpha value is -0.850. The van der Waals surface area contributed by atoms with Gasteiger partial charge in [-0.15, -0.1) is 0 Å². The van der Waals surface area contributed by atoms with Crippen LogP contribution in [0.25, 0.3) is 10.9 Å². The molecule has 0 bridgehead atoms. The second-order valence-electron chi connectivity index (χ2n) is 3.28. The third-order valence-corrected chi connectivity index (χ3v) is 3.82. The van der Waals surface area contributed by atoms with E-state index in [1.807, 2.05) is 12.1 Å². The summed E-state index contributed by atoms with van der Waals surface area (Å²) in [7, 11) is -1.90. The van der Waals surface area contributed by atoms with Gasteiger partial charge in [0.05, 0.1) is 5.52 Å². The minimum Gasteiger partial charge on any atom is -0.349 e. The van der Waals surface area contributed by atoms with Gasteiger partial charge in [-0.2, -0.15) is 0 Å². The van der Waals surface area contributed by atoms with E-state index in [1.54, 1.807) is 17.7 Å². The van der Waals surface area contributed by atoms with Gasteiger partial charge in [-0.1, -0.05) is 22.0 Å². The minimum absolute atomic E-state index is 0.146. The molecule has 0 fully saturated rings. The quantitative estimate of drug-likeness (QED) is 0.866. The van der Waals surface area contributed by atoms with E-state index in [0.29, 0.717) is 5.39 Å². The van der Waals surface area contributed by atoms with E-state index in [-0.39, 0.29) is 4.90 Å². The molecule has 80 valence electrons. The van der Waals surface area contributed by atoms with E-state index in [2.05, 4.69) is 15.9 Å². The molecule has 15 heavy (non-hydrogen) atoms. The SMILES string of the molecule is Cn1cc(S(N)(=O)=O)c2c(Br)cccc21. The number of hydrogen-bond acceptors (Lipinski definition) is 2. The lowest BCUT2D eigenvalue weighted by Gasteiger charge is -1.98. The summed E-state index contributed by atoms with van der Waals surface area (Å²) in [6, 6.07) is 5.48. The van der Waals surface area contributed by atoms with Crippen LogP contribution in [-0.4, -0.2) is 13.0 Å². The van der Waals surface area contributed by atoms with Crippen molar-refractivity contribution in [3.63, 3.8) is 0 Å². The molecular formula is C9H9BrN2O2S. The lowest BCUT2D eigenvalue weighted by Crippen LogP contribution is -2.11. The topological polar surface area (TPSA) is 65.1 Å². The number of nitrogens with two attached hydrogens (primary N) is 1. The number of aromatic nitrogens is 1. The number of sulfonamides is 1. The van der Waals surface area contributed by atoms with Crippen molar-refractivity contribution in [1.82, 2.24) is 4.57 Å². The molecule has 0 aliphatic carbocycles. The summed E-state index contributed by atoms with van der Waals surface area (Å²) in [4.78, 5) is 0.146. The first-order chi connectivity index (χ1) is 6.91. The molecular weight excluding hydrogens is 280 g/mol. The Labute approximate surface area is 95.9 Å². The van der Waals surface area contributed by atoms with Crippen LogP contribution in [0.2, 0.25) is 0 Å². The number of primary sulfonamides is 1. The standard InChI is InChI=1S/C9H9BrN2O2S/c1-12-5-8(15(11,13)14)9-6(10)3-2-4-7(9)12/h2-5H,1H3,(H2,11,13,14). The summed E-state index contributed by atoms with van der Waals surface area (Å²) >= 11 is 3.32. The largest absolute Gasteiger partial charge is 0.349 e. The smallest absolute Gasteiger partial charge is 0.240 e. The van der Waals surface area contributed by atoms with Crippen molar-refractivity contribution in [2.45, 2.75) is 4.90 Å². The predicted octanol–water partition coefficient (Wildman–Crippen LogP) is 1.59. The molecule has 6 heteroatoms. The van der Waals surface area contributed by atoms with E-state index in [1.165, 1.54) is 6.20 Å². The fraction of sp³-hybridized carbons (Fsp3) is 0.111. The highest BCUT2D eigenvalue weighted by Gasteiger charge is 2.17. The third-order valence-electron chi connectivity index (χ3n) is 2.24. The van der Waals surface area contributed by atoms with Crippen molar-refractivity contribution in [3.8, 4) is 0 Å². The Morgan fingerprint density at radius 2 is 2.07 bits per heavy atom. The molecule has 0 atom stereocenters. The van der Waals surface area contributed by atoms with Crippen LogP contribution in [0.5, 0.6) is 0 Å². The monoisotopic (exact) mass is 288 g/mol. The maximum Gasteiger partial charge on any atom is 0.240 e. The number of benzene rings is 1. The molecule has 0 amide bonds. The maximum absolute atomic E-state index is 11.4. The molecule has 0 spiro atoms. The normalized spacial score (nSPS) is 12.2. The van der Waals surface area contributed by atoms with Crippen molar-refractivity contribution in [1.29, 1.82) is 0 Å². The van der Waals surface area contributed by atoms with Crippen LogP contribution in [0, 0.1) is 0 Å². The molecule has 4 nitrogen and oxygen atoms in total. The first kappa shape index (κ1) is 10.7. The Kier molecular flexibility index (Phi) is 2.37. The predicted molar refractivity (Wildman–Crippen MR) is 62.0 cm³/mol. The molecule has 0 radical (unpaired) electrons. The van der Waals surface area contributed by atoms with Crippen LogP contribution in [0.4, 0.5) is 0 Å². The molecule has 2 rings (SSSR count). The minimum atomic E-state index is -3.68. The molecule has 1 aromatic carbocycles. The van der Waals surface area contributed by atoms with Gasteiger partial charge < -0.3 is 4.57 Å². The molecule has 2 aromatic rings. The highest BCUT2D eigenvalue weighted by Crippen LogP contribution is 2.30. The molecule has 2 N–H and O–H groups in total. The Morgan fingerprint density at radius 3 is 2.67 bits per heavy atom. The zero-order valence-electron chi connectivity index (χ0n) is 7.94. The molecule has 0 unspecified atom stereocenters. The van der Waals surface area contributed by atoms with Crippen LogP contribution in [0.15, 0.2) is 33.8 Å². The lowest BCUT2D eigenvalue weighted by atomic mass is 10.2. The van der Waals surface area contributed by atoms with Crippen molar-refractivity contribution in [3.05, 3.63) is 28.9 Å². The summed E-state index contributed by atoms with van der Waals surface area (Å²) in [6.45, 7) is 0. The lowest BCUT2D eigenvalue weighted by molar-refractivity contribution is 0.598. The zero-order chi connectivity index (χ0) is 11.2. The van der Waals surface area contributed by atoms with E-state index in [0.717, 1.165) is 9.99 Å². The van der Waals surface area contributed by atoms with Gasteiger partial charge in [-0.25, -0.2) is 13.6 Å². The Morgan fingerprint density at radius 1 is 1.40 bits per heavy atom. The van der Waals surface area contributed by atoms with E-state index < -0.39 is 10.0 Å². The zero-order valence-corrected chi connectivity index (χ0v) is 10.3. The first-order valence-electron chi connectivity index (χ1n) is 4.17. The fourth-order valence-electron chi connectivity index (χ4n) is 1.58. The maximum atomic E-state index is 11.4. The van der Waals surface area contributed by atoms with Crippen LogP contribution in [0.3, 0.4) is 0 Å². The van der Waals surface area contributed by atoms with Gasteiger partial charge in [-0.3, -0.25) is 0 Å². The fourth-order valence-corrected chi connectivity index (χ4v) is 3.08. The number of nitrogens with zero attached hydrogens (tertiary/aromatic N) is 1. The molecule has 1 aromatic heterocycles. The average molecular weight is 289 g/mol. The molecule has 0 saturated carbocycles. The van der Waals surface area contributed by atoms with Crippen LogP contribution in [0.1, 0.15) is 0 Å². The number of rotatable bonds is 1. The summed E-state index contributed by atoms with van der Waals surface area (Å²) in [5.41, 5.74) is 0.827. The van der Waals surface area contributed by atoms with Gasteiger partial charge in [0.15, 0.2) is 0 Å². The summed E-state index contributed by atoms with van der Waals surface area (Å²) < 4.78 is 25.2.